The fourth-order valence-corrected chi connectivity index (χ4v) is 9.60. The first kappa shape index (κ1) is 24.0. The summed E-state index contributed by atoms with van der Waals surface area (Å²) in [6.45, 7) is 0. The summed E-state index contributed by atoms with van der Waals surface area (Å²) in [5.74, 6) is 0.683. The van der Waals surface area contributed by atoms with E-state index in [0.717, 1.165) is 53.2 Å². The number of thiophene rings is 2. The maximum Gasteiger partial charge on any atom is 0.165 e. The summed E-state index contributed by atoms with van der Waals surface area (Å²) in [4.78, 5) is 14.8. The quantitative estimate of drug-likeness (QED) is 0.184. The minimum atomic E-state index is -0.472. The molecule has 7 aromatic carbocycles. The second kappa shape index (κ2) is 11.2. The van der Waals surface area contributed by atoms with Gasteiger partial charge in [-0.2, -0.15) is 0 Å². The third kappa shape index (κ3) is 4.47. The van der Waals surface area contributed by atoms with E-state index in [4.69, 9.17) is 21.8 Å². The standard InChI is InChI=1S/C45H26N4S2/c1-2-12-27(13-3-1)43-46-44(48-45(47-43)34-20-11-19-33-31-17-5-9-23-40(31)51-42(33)34)28-14-10-15-29(24-28)49-37-21-7-4-16-30(37)35-25-36-32-18-6-8-22-39(32)50-41(36)26-38(35)49/h1-26H/i1D,2D,3D,12D,13D. The Hall–Kier alpha value is -6.21. The molecule has 0 spiro atoms. The van der Waals surface area contributed by atoms with Crippen LogP contribution in [-0.4, -0.2) is 19.5 Å². The highest BCUT2D eigenvalue weighted by Gasteiger charge is 2.19. The van der Waals surface area contributed by atoms with Crippen molar-refractivity contribution in [2.75, 3.05) is 0 Å². The summed E-state index contributed by atoms with van der Waals surface area (Å²) in [6.07, 6.45) is 0. The second-order valence-corrected chi connectivity index (χ2v) is 14.6. The van der Waals surface area contributed by atoms with Crippen LogP contribution in [0.1, 0.15) is 6.85 Å². The SMILES string of the molecule is [2H]c1c([2H])c([2H])c(-c2nc(-c3cccc(-n4c5ccccc5c5cc6c(cc54)sc4ccccc46)c3)nc(-c3cccc4c3sc3ccccc34)n2)c([2H])c1[2H]. The first-order valence-electron chi connectivity index (χ1n) is 19.0. The molecule has 0 radical (unpaired) electrons. The first-order chi connectivity index (χ1) is 27.3. The van der Waals surface area contributed by atoms with Crippen molar-refractivity contribution in [2.45, 2.75) is 0 Å². The molecule has 238 valence electrons. The van der Waals surface area contributed by atoms with Crippen LogP contribution in [0.25, 0.3) is 102 Å². The fourth-order valence-electron chi connectivity index (χ4n) is 7.27. The lowest BCUT2D eigenvalue weighted by Gasteiger charge is -2.12. The van der Waals surface area contributed by atoms with Crippen LogP contribution in [0.4, 0.5) is 0 Å². The van der Waals surface area contributed by atoms with E-state index >= 15 is 0 Å². The van der Waals surface area contributed by atoms with Gasteiger partial charge in [0.05, 0.1) is 17.9 Å². The zero-order valence-corrected chi connectivity index (χ0v) is 28.4. The molecule has 0 saturated carbocycles. The van der Waals surface area contributed by atoms with Crippen LogP contribution in [0, 0.1) is 0 Å². The molecule has 4 nitrogen and oxygen atoms in total. The van der Waals surface area contributed by atoms with Crippen LogP contribution < -0.4 is 0 Å². The molecule has 0 N–H and O–H groups in total. The van der Waals surface area contributed by atoms with E-state index in [2.05, 4.69) is 89.5 Å². The summed E-state index contributed by atoms with van der Waals surface area (Å²) in [5.41, 5.74) is 4.44. The van der Waals surface area contributed by atoms with E-state index in [9.17, 15) is 0 Å². The average Bonchev–Trinajstić information content (AvgIpc) is 3.90. The van der Waals surface area contributed by atoms with E-state index in [1.165, 1.54) is 20.2 Å². The van der Waals surface area contributed by atoms with E-state index < -0.39 is 18.1 Å². The normalized spacial score (nSPS) is 13.3. The van der Waals surface area contributed by atoms with Gasteiger partial charge in [0.25, 0.3) is 0 Å². The van der Waals surface area contributed by atoms with Gasteiger partial charge in [0, 0.05) is 73.5 Å². The molecular weight excluding hydrogens is 661 g/mol. The van der Waals surface area contributed by atoms with Gasteiger partial charge in [-0.1, -0.05) is 109 Å². The van der Waals surface area contributed by atoms with Gasteiger partial charge in [-0.05, 0) is 48.5 Å². The third-order valence-electron chi connectivity index (χ3n) is 9.54. The Morgan fingerprint density at radius 3 is 1.96 bits per heavy atom. The molecule has 4 heterocycles. The molecule has 0 aliphatic carbocycles. The van der Waals surface area contributed by atoms with Gasteiger partial charge < -0.3 is 4.57 Å². The van der Waals surface area contributed by atoms with Crippen LogP contribution in [0.15, 0.2) is 158 Å². The Morgan fingerprint density at radius 2 is 1.12 bits per heavy atom. The van der Waals surface area contributed by atoms with Gasteiger partial charge in [0.2, 0.25) is 0 Å². The van der Waals surface area contributed by atoms with E-state index in [1.54, 1.807) is 22.7 Å². The van der Waals surface area contributed by atoms with Crippen molar-refractivity contribution in [3.63, 3.8) is 0 Å². The molecule has 0 fully saturated rings. The van der Waals surface area contributed by atoms with Gasteiger partial charge in [0.15, 0.2) is 17.5 Å². The topological polar surface area (TPSA) is 43.6 Å². The lowest BCUT2D eigenvalue weighted by Crippen LogP contribution is -2.01. The van der Waals surface area contributed by atoms with Gasteiger partial charge in [-0.25, -0.2) is 15.0 Å². The summed E-state index contributed by atoms with van der Waals surface area (Å²) in [7, 11) is 0. The number of hydrogen-bond donors (Lipinski definition) is 0. The number of para-hydroxylation sites is 1. The highest BCUT2D eigenvalue weighted by molar-refractivity contribution is 7.26. The predicted molar refractivity (Wildman–Crippen MR) is 216 cm³/mol. The molecule has 11 aromatic rings. The molecule has 0 aliphatic rings. The zero-order valence-electron chi connectivity index (χ0n) is 31.7. The minimum absolute atomic E-state index is 0.00883. The predicted octanol–water partition coefficient (Wildman–Crippen LogP) is 12.7. The fraction of sp³-hybridized carbons (Fsp3) is 0. The summed E-state index contributed by atoms with van der Waals surface area (Å²) in [5, 5.41) is 6.98. The summed E-state index contributed by atoms with van der Waals surface area (Å²) in [6, 6.07) is 41.7. The lowest BCUT2D eigenvalue weighted by atomic mass is 10.1. The number of benzene rings is 7. The molecule has 0 atom stereocenters. The van der Waals surface area contributed by atoms with E-state index in [-0.39, 0.29) is 23.5 Å². The summed E-state index contributed by atoms with van der Waals surface area (Å²) >= 11 is 3.43. The monoisotopic (exact) mass is 691 g/mol. The van der Waals surface area contributed by atoms with Crippen LogP contribution in [0.5, 0.6) is 0 Å². The second-order valence-electron chi connectivity index (χ2n) is 12.5. The van der Waals surface area contributed by atoms with Crippen molar-refractivity contribution < 1.29 is 6.85 Å². The van der Waals surface area contributed by atoms with Gasteiger partial charge in [-0.3, -0.25) is 0 Å². The number of fused-ring (bicyclic) bond motifs is 9. The largest absolute Gasteiger partial charge is 0.309 e. The smallest absolute Gasteiger partial charge is 0.165 e. The Bertz CT molecular complexity index is 3430. The van der Waals surface area contributed by atoms with Crippen LogP contribution in [0.2, 0.25) is 0 Å². The third-order valence-corrected chi connectivity index (χ3v) is 11.9. The Balaban J connectivity index is 1.16. The summed E-state index contributed by atoms with van der Waals surface area (Å²) < 4.78 is 49.6. The maximum absolute atomic E-state index is 8.83. The minimum Gasteiger partial charge on any atom is -0.309 e. The molecule has 11 rings (SSSR count). The highest BCUT2D eigenvalue weighted by atomic mass is 32.1. The number of hydrogen-bond acceptors (Lipinski definition) is 5. The zero-order chi connectivity index (χ0) is 37.8. The Kier molecular flexibility index (Phi) is 5.25. The molecule has 0 aliphatic heterocycles. The number of nitrogens with zero attached hydrogens (tertiary/aromatic N) is 4. The molecule has 0 amide bonds. The molecule has 4 aromatic heterocycles. The Labute approximate surface area is 307 Å². The van der Waals surface area contributed by atoms with E-state index in [0.29, 0.717) is 17.2 Å². The maximum atomic E-state index is 8.83. The number of rotatable bonds is 4. The van der Waals surface area contributed by atoms with Crippen molar-refractivity contribution in [2.24, 2.45) is 0 Å². The lowest BCUT2D eigenvalue weighted by molar-refractivity contribution is 1.07. The van der Waals surface area contributed by atoms with Gasteiger partial charge >= 0.3 is 0 Å². The van der Waals surface area contributed by atoms with Crippen LogP contribution in [-0.2, 0) is 0 Å². The van der Waals surface area contributed by atoms with Crippen molar-refractivity contribution in [1.29, 1.82) is 0 Å². The Morgan fingerprint density at radius 1 is 0.451 bits per heavy atom. The van der Waals surface area contributed by atoms with Crippen molar-refractivity contribution >= 4 is 84.8 Å². The number of aromatic nitrogens is 4. The molecule has 6 heteroatoms. The molecular formula is C45H26N4S2. The molecule has 0 bridgehead atoms. The highest BCUT2D eigenvalue weighted by Crippen LogP contribution is 2.42. The molecule has 0 unspecified atom stereocenters. The van der Waals surface area contributed by atoms with Crippen LogP contribution in [0.3, 0.4) is 0 Å². The molecule has 0 saturated heterocycles. The van der Waals surface area contributed by atoms with Crippen molar-refractivity contribution in [3.05, 3.63) is 158 Å². The first-order valence-corrected chi connectivity index (χ1v) is 18.2. The van der Waals surface area contributed by atoms with E-state index in [1.807, 2.05) is 42.5 Å². The average molecular weight is 692 g/mol. The van der Waals surface area contributed by atoms with Crippen molar-refractivity contribution in [1.82, 2.24) is 19.5 Å². The van der Waals surface area contributed by atoms with Crippen LogP contribution >= 0.6 is 22.7 Å². The van der Waals surface area contributed by atoms with Crippen molar-refractivity contribution in [3.8, 4) is 39.9 Å². The molecule has 51 heavy (non-hydrogen) atoms. The van der Waals surface area contributed by atoms with Gasteiger partial charge in [-0.15, -0.1) is 22.7 Å². The van der Waals surface area contributed by atoms with Gasteiger partial charge in [0.1, 0.15) is 0 Å².